The van der Waals surface area contributed by atoms with Crippen molar-refractivity contribution in [2.24, 2.45) is 11.8 Å². The smallest absolute Gasteiger partial charge is 0.309 e. The van der Waals surface area contributed by atoms with Gasteiger partial charge in [-0.2, -0.15) is 0 Å². The molecule has 9 heteroatoms. The van der Waals surface area contributed by atoms with Gasteiger partial charge in [-0.25, -0.2) is 4.98 Å². The summed E-state index contributed by atoms with van der Waals surface area (Å²) >= 11 is 0. The maximum atomic E-state index is 13.3. The molecule has 0 saturated heterocycles. The summed E-state index contributed by atoms with van der Waals surface area (Å²) < 4.78 is 28.0. The Morgan fingerprint density at radius 2 is 1.53 bits per heavy atom. The number of hydrogen-bond acceptors (Lipinski definition) is 9. The number of ketones is 1. The summed E-state index contributed by atoms with van der Waals surface area (Å²) in [4.78, 5) is 41.8. The van der Waals surface area contributed by atoms with E-state index in [1.807, 2.05) is 81.4 Å². The molecule has 0 aliphatic heterocycles. The van der Waals surface area contributed by atoms with Crippen LogP contribution in [0.2, 0.25) is 0 Å². The first kappa shape index (κ1) is 33.3. The number of nitrogens with zero attached hydrogens (tertiary/aromatic N) is 1. The van der Waals surface area contributed by atoms with E-state index in [0.29, 0.717) is 13.0 Å². The molecular formula is C34H41NO8. The van der Waals surface area contributed by atoms with E-state index in [1.165, 1.54) is 26.3 Å². The Kier molecular flexibility index (Phi) is 12.3. The van der Waals surface area contributed by atoms with Crippen molar-refractivity contribution in [2.75, 3.05) is 13.9 Å². The molecule has 0 unspecified atom stereocenters. The third kappa shape index (κ3) is 9.92. The second kappa shape index (κ2) is 15.8. The highest BCUT2D eigenvalue weighted by Gasteiger charge is 2.37. The first-order valence-corrected chi connectivity index (χ1v) is 14.3. The molecule has 2 aromatic carbocycles. The van der Waals surface area contributed by atoms with Crippen molar-refractivity contribution in [3.05, 3.63) is 89.7 Å². The van der Waals surface area contributed by atoms with Crippen LogP contribution in [0.5, 0.6) is 11.5 Å². The number of ether oxygens (including phenoxy) is 5. The van der Waals surface area contributed by atoms with Gasteiger partial charge in [0.2, 0.25) is 6.79 Å². The maximum absolute atomic E-state index is 13.3. The summed E-state index contributed by atoms with van der Waals surface area (Å²) in [7, 11) is 1.42. The Bertz CT molecular complexity index is 1340. The zero-order valence-corrected chi connectivity index (χ0v) is 25.7. The first-order valence-electron chi connectivity index (χ1n) is 14.3. The number of esters is 2. The fourth-order valence-electron chi connectivity index (χ4n) is 4.74. The van der Waals surface area contributed by atoms with Crippen molar-refractivity contribution in [3.63, 3.8) is 0 Å². The quantitative estimate of drug-likeness (QED) is 0.113. The SMILES string of the molecule is COc1ccnc(C(=O)C[C@@H](C)C(=O)O[C@@H](C)[C@H](Cc2ccccc2)C(C)(C)OCc2ccccc2)c1OCOC(C)=O. The fourth-order valence-corrected chi connectivity index (χ4v) is 4.74. The minimum absolute atomic E-state index is 0.0309. The van der Waals surface area contributed by atoms with Crippen LogP contribution in [-0.4, -0.2) is 48.3 Å². The van der Waals surface area contributed by atoms with Crippen molar-refractivity contribution in [1.29, 1.82) is 0 Å². The summed E-state index contributed by atoms with van der Waals surface area (Å²) in [6.07, 6.45) is 1.34. The van der Waals surface area contributed by atoms with E-state index in [4.69, 9.17) is 23.7 Å². The Morgan fingerprint density at radius 3 is 2.14 bits per heavy atom. The molecule has 0 aliphatic rings. The highest BCUT2D eigenvalue weighted by atomic mass is 16.7. The molecule has 3 aromatic rings. The summed E-state index contributed by atoms with van der Waals surface area (Å²) in [5.74, 6) is -2.17. The topological polar surface area (TPSA) is 110 Å². The van der Waals surface area contributed by atoms with Crippen molar-refractivity contribution < 1.29 is 38.1 Å². The van der Waals surface area contributed by atoms with Gasteiger partial charge in [0.1, 0.15) is 6.10 Å². The lowest BCUT2D eigenvalue weighted by molar-refractivity contribution is -0.164. The monoisotopic (exact) mass is 591 g/mol. The predicted molar refractivity (Wildman–Crippen MR) is 161 cm³/mol. The number of Topliss-reactive ketones (excluding diaryl/α,β-unsaturated/α-hetero) is 1. The Balaban J connectivity index is 1.72. The van der Waals surface area contributed by atoms with Gasteiger partial charge in [-0.3, -0.25) is 14.4 Å². The zero-order valence-electron chi connectivity index (χ0n) is 25.7. The van der Waals surface area contributed by atoms with Gasteiger partial charge in [0.15, 0.2) is 23.0 Å². The number of benzene rings is 2. The van der Waals surface area contributed by atoms with Crippen molar-refractivity contribution in [3.8, 4) is 11.5 Å². The van der Waals surface area contributed by atoms with Crippen LogP contribution in [-0.2, 0) is 36.8 Å². The molecule has 3 rings (SSSR count). The lowest BCUT2D eigenvalue weighted by Crippen LogP contribution is -2.44. The van der Waals surface area contributed by atoms with Gasteiger partial charge in [0.05, 0.1) is 25.2 Å². The Hall–Kier alpha value is -4.24. The number of rotatable bonds is 16. The average molecular weight is 592 g/mol. The average Bonchev–Trinajstić information content (AvgIpc) is 2.99. The Morgan fingerprint density at radius 1 is 0.907 bits per heavy atom. The van der Waals surface area contributed by atoms with Gasteiger partial charge in [-0.05, 0) is 38.3 Å². The summed E-state index contributed by atoms with van der Waals surface area (Å²) in [5.41, 5.74) is 1.47. The predicted octanol–water partition coefficient (Wildman–Crippen LogP) is 5.98. The molecule has 9 nitrogen and oxygen atoms in total. The summed E-state index contributed by atoms with van der Waals surface area (Å²) in [5, 5.41) is 0. The molecule has 230 valence electrons. The van der Waals surface area contributed by atoms with Gasteiger partial charge in [0.25, 0.3) is 0 Å². The molecule has 0 saturated carbocycles. The number of methoxy groups -OCH3 is 1. The van der Waals surface area contributed by atoms with Crippen LogP contribution in [0.4, 0.5) is 0 Å². The van der Waals surface area contributed by atoms with E-state index in [0.717, 1.165) is 11.1 Å². The van der Waals surface area contributed by atoms with Crippen LogP contribution >= 0.6 is 0 Å². The van der Waals surface area contributed by atoms with E-state index in [1.54, 1.807) is 6.92 Å². The Labute approximate surface area is 253 Å². The molecule has 0 bridgehead atoms. The molecule has 0 radical (unpaired) electrons. The van der Waals surface area contributed by atoms with E-state index >= 15 is 0 Å². The number of carbonyl (C=O) groups excluding carboxylic acids is 3. The van der Waals surface area contributed by atoms with Crippen LogP contribution in [0, 0.1) is 11.8 Å². The highest BCUT2D eigenvalue weighted by Crippen LogP contribution is 2.33. The van der Waals surface area contributed by atoms with Gasteiger partial charge >= 0.3 is 11.9 Å². The van der Waals surface area contributed by atoms with Crippen LogP contribution in [0.25, 0.3) is 0 Å². The van der Waals surface area contributed by atoms with Crippen LogP contribution < -0.4 is 9.47 Å². The molecule has 43 heavy (non-hydrogen) atoms. The lowest BCUT2D eigenvalue weighted by atomic mass is 9.81. The highest BCUT2D eigenvalue weighted by molar-refractivity contribution is 5.99. The van der Waals surface area contributed by atoms with Gasteiger partial charge in [0, 0.05) is 31.5 Å². The second-order valence-electron chi connectivity index (χ2n) is 10.9. The molecule has 1 aromatic heterocycles. The van der Waals surface area contributed by atoms with Gasteiger partial charge in [-0.15, -0.1) is 0 Å². The number of carbonyl (C=O) groups is 3. The molecule has 3 atom stereocenters. The van der Waals surface area contributed by atoms with Gasteiger partial charge in [-0.1, -0.05) is 67.6 Å². The number of aromatic nitrogens is 1. The number of pyridine rings is 1. The van der Waals surface area contributed by atoms with Crippen molar-refractivity contribution in [2.45, 2.75) is 65.8 Å². The standard InChI is InChI=1S/C34H41NO8/c1-23(19-29(37)31-32(41-22-40-25(3)36)30(39-6)17-18-35-31)33(38)43-24(2)28(20-26-13-9-7-10-14-26)34(4,5)42-21-27-15-11-8-12-16-27/h7-18,23-24,28H,19-22H2,1-6H3/t23-,24+,28+/m1/s1. The first-order chi connectivity index (χ1) is 20.5. The molecule has 0 aliphatic carbocycles. The third-order valence-corrected chi connectivity index (χ3v) is 7.23. The minimum atomic E-state index is -0.769. The normalized spacial score (nSPS) is 13.3. The maximum Gasteiger partial charge on any atom is 0.309 e. The zero-order chi connectivity index (χ0) is 31.4. The van der Waals surface area contributed by atoms with E-state index in [2.05, 4.69) is 4.98 Å². The van der Waals surface area contributed by atoms with Crippen LogP contribution in [0.3, 0.4) is 0 Å². The van der Waals surface area contributed by atoms with Gasteiger partial charge < -0.3 is 23.7 Å². The second-order valence-corrected chi connectivity index (χ2v) is 10.9. The van der Waals surface area contributed by atoms with Crippen molar-refractivity contribution >= 4 is 17.7 Å². The largest absolute Gasteiger partial charge is 0.493 e. The fraction of sp³-hybridized carbons (Fsp3) is 0.412. The molecule has 0 spiro atoms. The molecular weight excluding hydrogens is 550 g/mol. The van der Waals surface area contributed by atoms with E-state index < -0.39 is 42.1 Å². The summed E-state index contributed by atoms with van der Waals surface area (Å²) in [6.45, 7) is 8.75. The minimum Gasteiger partial charge on any atom is -0.493 e. The number of hydrogen-bond donors (Lipinski definition) is 0. The van der Waals surface area contributed by atoms with Crippen LogP contribution in [0.1, 0.15) is 62.7 Å². The molecule has 1 heterocycles. The van der Waals surface area contributed by atoms with Crippen molar-refractivity contribution in [1.82, 2.24) is 4.98 Å². The van der Waals surface area contributed by atoms with E-state index in [9.17, 15) is 14.4 Å². The molecule has 0 amide bonds. The lowest BCUT2D eigenvalue weighted by Gasteiger charge is -2.38. The molecule has 0 fully saturated rings. The van der Waals surface area contributed by atoms with E-state index in [-0.39, 0.29) is 29.5 Å². The third-order valence-electron chi connectivity index (χ3n) is 7.23. The van der Waals surface area contributed by atoms with Crippen LogP contribution in [0.15, 0.2) is 72.9 Å². The molecule has 0 N–H and O–H groups in total. The summed E-state index contributed by atoms with van der Waals surface area (Å²) in [6, 6.07) is 21.4.